The summed E-state index contributed by atoms with van der Waals surface area (Å²) in [4.78, 5) is 25.2. The highest BCUT2D eigenvalue weighted by Crippen LogP contribution is 2.26. The predicted octanol–water partition coefficient (Wildman–Crippen LogP) is 5.59. The van der Waals surface area contributed by atoms with Gasteiger partial charge < -0.3 is 10.1 Å². The number of halogens is 2. The normalized spacial score (nSPS) is 11.9. The molecule has 0 saturated heterocycles. The van der Waals surface area contributed by atoms with Crippen molar-refractivity contribution in [3.63, 3.8) is 0 Å². The summed E-state index contributed by atoms with van der Waals surface area (Å²) < 4.78 is 6.62. The van der Waals surface area contributed by atoms with Gasteiger partial charge in [-0.15, -0.1) is 0 Å². The minimum atomic E-state index is -0.776. The third kappa shape index (κ3) is 7.17. The number of nitrogens with zero attached hydrogens (tertiary/aromatic N) is 1. The average molecular weight is 543 g/mol. The van der Waals surface area contributed by atoms with Crippen LogP contribution in [0, 0.1) is 5.92 Å². The number of nitrogens with one attached hydrogen (secondary N) is 2. The van der Waals surface area contributed by atoms with Crippen molar-refractivity contribution < 1.29 is 14.3 Å². The lowest BCUT2D eigenvalue weighted by atomic mass is 10.0. The maximum Gasteiger partial charge on any atom is 0.262 e. The van der Waals surface area contributed by atoms with Crippen LogP contribution in [0.1, 0.15) is 35.3 Å². The molecular formula is C26H25BrClN3O3. The van der Waals surface area contributed by atoms with Gasteiger partial charge in [0.25, 0.3) is 11.8 Å². The standard InChI is InChI=1S/C26H25BrClN3O3/c1-17(2)24(30-25(32)20-10-6-7-11-22(20)28)26(33)31-29-15-19-12-13-23(21(27)14-19)34-16-18-8-4-3-5-9-18/h3-15,17,24H,16H2,1-2H3,(H,30,32)(H,31,33). The minimum absolute atomic E-state index is 0.156. The molecule has 0 aliphatic heterocycles. The Morgan fingerprint density at radius 1 is 1.06 bits per heavy atom. The van der Waals surface area contributed by atoms with Crippen LogP contribution in [0.5, 0.6) is 5.75 Å². The number of benzene rings is 3. The molecule has 3 aromatic rings. The van der Waals surface area contributed by atoms with Crippen molar-refractivity contribution in [2.24, 2.45) is 11.0 Å². The van der Waals surface area contributed by atoms with E-state index < -0.39 is 17.9 Å². The van der Waals surface area contributed by atoms with Crippen molar-refractivity contribution in [2.45, 2.75) is 26.5 Å². The van der Waals surface area contributed by atoms with Crippen LogP contribution < -0.4 is 15.5 Å². The molecule has 2 amide bonds. The van der Waals surface area contributed by atoms with Crippen molar-refractivity contribution in [3.05, 3.63) is 99.0 Å². The third-order valence-corrected chi connectivity index (χ3v) is 5.88. The number of ether oxygens (including phenoxy) is 1. The van der Waals surface area contributed by atoms with Gasteiger partial charge in [-0.1, -0.05) is 67.9 Å². The Bertz CT molecular complexity index is 1170. The molecule has 0 bridgehead atoms. The number of amides is 2. The molecule has 2 N–H and O–H groups in total. The first-order valence-corrected chi connectivity index (χ1v) is 11.9. The molecule has 0 aliphatic rings. The van der Waals surface area contributed by atoms with Crippen molar-refractivity contribution in [1.29, 1.82) is 0 Å². The first kappa shape index (κ1) is 25.5. The highest BCUT2D eigenvalue weighted by molar-refractivity contribution is 9.10. The summed E-state index contributed by atoms with van der Waals surface area (Å²) >= 11 is 9.60. The van der Waals surface area contributed by atoms with Gasteiger partial charge >= 0.3 is 0 Å². The number of carbonyl (C=O) groups is 2. The molecule has 3 rings (SSSR count). The quantitative estimate of drug-likeness (QED) is 0.273. The Kier molecular flexibility index (Phi) is 9.24. The van der Waals surface area contributed by atoms with Gasteiger partial charge in [0.05, 0.1) is 21.3 Å². The summed E-state index contributed by atoms with van der Waals surface area (Å²) in [6.07, 6.45) is 1.52. The fourth-order valence-corrected chi connectivity index (χ4v) is 3.82. The van der Waals surface area contributed by atoms with Gasteiger partial charge in [0.1, 0.15) is 18.4 Å². The van der Waals surface area contributed by atoms with Crippen molar-refractivity contribution in [2.75, 3.05) is 0 Å². The highest BCUT2D eigenvalue weighted by atomic mass is 79.9. The monoisotopic (exact) mass is 541 g/mol. The Balaban J connectivity index is 1.58. The molecule has 1 unspecified atom stereocenters. The van der Waals surface area contributed by atoms with E-state index in [-0.39, 0.29) is 5.92 Å². The predicted molar refractivity (Wildman–Crippen MR) is 138 cm³/mol. The van der Waals surface area contributed by atoms with E-state index in [0.717, 1.165) is 15.6 Å². The van der Waals surface area contributed by atoms with Gasteiger partial charge in [-0.05, 0) is 63.3 Å². The zero-order chi connectivity index (χ0) is 24.5. The minimum Gasteiger partial charge on any atom is -0.488 e. The van der Waals surface area contributed by atoms with Crippen LogP contribution >= 0.6 is 27.5 Å². The SMILES string of the molecule is CC(C)C(NC(=O)c1ccccc1Cl)C(=O)NN=Cc1ccc(OCc2ccccc2)c(Br)c1. The van der Waals surface area contributed by atoms with Crippen LogP contribution in [0.2, 0.25) is 5.02 Å². The Morgan fingerprint density at radius 3 is 2.44 bits per heavy atom. The Hall–Kier alpha value is -3.16. The largest absolute Gasteiger partial charge is 0.488 e. The Labute approximate surface area is 212 Å². The van der Waals surface area contributed by atoms with Crippen LogP contribution in [0.4, 0.5) is 0 Å². The molecule has 0 radical (unpaired) electrons. The number of hydrogen-bond donors (Lipinski definition) is 2. The molecular weight excluding hydrogens is 518 g/mol. The van der Waals surface area contributed by atoms with E-state index in [1.54, 1.807) is 24.3 Å². The van der Waals surface area contributed by atoms with Crippen molar-refractivity contribution in [1.82, 2.24) is 10.7 Å². The summed E-state index contributed by atoms with van der Waals surface area (Å²) in [6.45, 7) is 4.14. The van der Waals surface area contributed by atoms with Crippen LogP contribution in [0.15, 0.2) is 82.4 Å². The summed E-state index contributed by atoms with van der Waals surface area (Å²) in [6, 6.07) is 21.3. The van der Waals surface area contributed by atoms with E-state index in [4.69, 9.17) is 16.3 Å². The van der Waals surface area contributed by atoms with E-state index in [0.29, 0.717) is 22.9 Å². The van der Waals surface area contributed by atoms with Crippen LogP contribution in [0.25, 0.3) is 0 Å². The Morgan fingerprint density at radius 2 is 1.76 bits per heavy atom. The van der Waals surface area contributed by atoms with E-state index in [2.05, 4.69) is 31.8 Å². The molecule has 3 aromatic carbocycles. The number of hydrazone groups is 1. The lowest BCUT2D eigenvalue weighted by molar-refractivity contribution is -0.123. The van der Waals surface area contributed by atoms with E-state index in [9.17, 15) is 9.59 Å². The maximum absolute atomic E-state index is 12.7. The van der Waals surface area contributed by atoms with Crippen LogP contribution in [-0.4, -0.2) is 24.1 Å². The summed E-state index contributed by atoms with van der Waals surface area (Å²) in [7, 11) is 0. The molecule has 0 heterocycles. The number of rotatable bonds is 9. The lowest BCUT2D eigenvalue weighted by Crippen LogP contribution is -2.48. The molecule has 1 atom stereocenters. The zero-order valence-corrected chi connectivity index (χ0v) is 21.1. The lowest BCUT2D eigenvalue weighted by Gasteiger charge is -2.20. The van der Waals surface area contributed by atoms with Gasteiger partial charge in [-0.3, -0.25) is 9.59 Å². The maximum atomic E-state index is 12.7. The van der Waals surface area contributed by atoms with Crippen molar-refractivity contribution in [3.8, 4) is 5.75 Å². The molecule has 0 saturated carbocycles. The average Bonchev–Trinajstić information content (AvgIpc) is 2.82. The van der Waals surface area contributed by atoms with E-state index in [1.807, 2.05) is 62.4 Å². The first-order valence-electron chi connectivity index (χ1n) is 10.7. The van der Waals surface area contributed by atoms with Crippen molar-refractivity contribution >= 4 is 45.6 Å². The molecule has 8 heteroatoms. The molecule has 6 nitrogen and oxygen atoms in total. The number of carbonyl (C=O) groups excluding carboxylic acids is 2. The summed E-state index contributed by atoms with van der Waals surface area (Å²) in [5.74, 6) is -0.295. The molecule has 0 aromatic heterocycles. The van der Waals surface area contributed by atoms with Gasteiger partial charge in [0, 0.05) is 0 Å². The summed E-state index contributed by atoms with van der Waals surface area (Å²) in [5.41, 5.74) is 4.65. The fraction of sp³-hybridized carbons (Fsp3) is 0.192. The zero-order valence-electron chi connectivity index (χ0n) is 18.8. The van der Waals surface area contributed by atoms with E-state index in [1.165, 1.54) is 6.21 Å². The smallest absolute Gasteiger partial charge is 0.262 e. The molecule has 0 spiro atoms. The van der Waals surface area contributed by atoms with Gasteiger partial charge in [0.15, 0.2) is 0 Å². The molecule has 34 heavy (non-hydrogen) atoms. The topological polar surface area (TPSA) is 79.8 Å². The van der Waals surface area contributed by atoms with E-state index >= 15 is 0 Å². The summed E-state index contributed by atoms with van der Waals surface area (Å²) in [5, 5.41) is 7.10. The first-order chi connectivity index (χ1) is 16.3. The van der Waals surface area contributed by atoms with Crippen LogP contribution in [0.3, 0.4) is 0 Å². The second kappa shape index (κ2) is 12.3. The molecule has 176 valence electrons. The van der Waals surface area contributed by atoms with Gasteiger partial charge in [-0.25, -0.2) is 5.43 Å². The van der Waals surface area contributed by atoms with Gasteiger partial charge in [-0.2, -0.15) is 5.10 Å². The highest BCUT2D eigenvalue weighted by Gasteiger charge is 2.25. The molecule has 0 fully saturated rings. The second-order valence-electron chi connectivity index (χ2n) is 7.87. The third-order valence-electron chi connectivity index (χ3n) is 4.94. The number of hydrogen-bond acceptors (Lipinski definition) is 4. The second-order valence-corrected chi connectivity index (χ2v) is 9.13. The fourth-order valence-electron chi connectivity index (χ4n) is 3.09. The van der Waals surface area contributed by atoms with Gasteiger partial charge in [0.2, 0.25) is 0 Å². The van der Waals surface area contributed by atoms with Crippen LogP contribution in [-0.2, 0) is 11.4 Å². The molecule has 0 aliphatic carbocycles.